The Bertz CT molecular complexity index is 4580. The number of carbonyl (C=O) groups excluding carboxylic acids is 1. The zero-order valence-corrected chi connectivity index (χ0v) is 59.8. The van der Waals surface area contributed by atoms with E-state index in [4.69, 9.17) is 146 Å². The number of carbonyl (C=O) groups is 6. The Labute approximate surface area is 623 Å². The third-order valence-electron chi connectivity index (χ3n) is 14.3. The molecule has 1 saturated heterocycles. The minimum Gasteiger partial charge on any atom is -0.508 e. The Morgan fingerprint density at radius 3 is 1.30 bits per heavy atom. The second-order valence-electron chi connectivity index (χ2n) is 21.6. The molecule has 100 heavy (non-hydrogen) atoms. The zero-order valence-electron chi connectivity index (χ0n) is 52.2. The van der Waals surface area contributed by atoms with E-state index in [0.717, 1.165) is 5.56 Å². The number of allylic oxidation sites excluding steroid dienone is 6. The maximum atomic E-state index is 11.2. The number of fused-ring (bicyclic) bond motifs is 1. The van der Waals surface area contributed by atoms with Crippen LogP contribution in [0.25, 0.3) is 0 Å². The molecule has 0 radical (unpaired) electrons. The molecule has 1 heterocycles. The molecule has 10 N–H and O–H groups in total. The van der Waals surface area contributed by atoms with Crippen molar-refractivity contribution >= 4 is 203 Å². The van der Waals surface area contributed by atoms with Crippen LogP contribution in [0.5, 0.6) is 5.75 Å². The van der Waals surface area contributed by atoms with E-state index in [2.05, 4.69) is 26.3 Å². The van der Waals surface area contributed by atoms with E-state index >= 15 is 0 Å². The van der Waals surface area contributed by atoms with E-state index in [-0.39, 0.29) is 70.5 Å². The highest BCUT2D eigenvalue weighted by atomic mass is 35.5. The number of carboxylic acid groups (broad SMARTS) is 5. The highest BCUT2D eigenvalue weighted by Gasteiger charge is 2.59. The number of ketones is 1. The van der Waals surface area contributed by atoms with Gasteiger partial charge < -0.3 is 56.6 Å². The van der Waals surface area contributed by atoms with E-state index in [0.29, 0.717) is 115 Å². The number of nitrogens with zero attached hydrogens (tertiary/aromatic N) is 1. The number of carboxylic acids is 5. The molecule has 18 nitrogen and oxygen atoms in total. The van der Waals surface area contributed by atoms with Gasteiger partial charge in [0.15, 0.2) is 5.78 Å². The fourth-order valence-electron chi connectivity index (χ4n) is 9.36. The van der Waals surface area contributed by atoms with E-state index < -0.39 is 34.9 Å². The number of epoxide rings is 1. The van der Waals surface area contributed by atoms with Crippen LogP contribution in [0, 0.1) is 13.8 Å². The number of hydrogen-bond acceptors (Lipinski definition) is 13. The predicted molar refractivity (Wildman–Crippen MR) is 398 cm³/mol. The number of alkyl halides is 1. The van der Waals surface area contributed by atoms with Gasteiger partial charge in [-0.15, -0.1) is 0 Å². The van der Waals surface area contributed by atoms with Gasteiger partial charge in [-0.2, -0.15) is 0 Å². The van der Waals surface area contributed by atoms with Gasteiger partial charge in [-0.3, -0.25) is 28.8 Å². The van der Waals surface area contributed by atoms with E-state index in [1.165, 1.54) is 18.2 Å². The Kier molecular flexibility index (Phi) is 28.7. The molecule has 3 aliphatic rings. The van der Waals surface area contributed by atoms with Crippen molar-refractivity contribution in [1.29, 1.82) is 0 Å². The number of anilines is 7. The molecule has 0 saturated carbocycles. The van der Waals surface area contributed by atoms with Crippen molar-refractivity contribution < 1.29 is 64.1 Å². The fraction of sp³-hybridized carbons (Fsp3) is 0.125. The lowest BCUT2D eigenvalue weighted by atomic mass is 10.1. The van der Waals surface area contributed by atoms with Crippen LogP contribution in [-0.2, 0) is 65.6 Å². The van der Waals surface area contributed by atoms with Crippen LogP contribution in [0.1, 0.15) is 38.9 Å². The Hall–Kier alpha value is -8.73. The number of nitrogens with one attached hydrogen (secondary N) is 4. The van der Waals surface area contributed by atoms with E-state index in [1.54, 1.807) is 146 Å². The molecule has 8 aromatic rings. The maximum absolute atomic E-state index is 11.2. The molecular weight excluding hydrogens is 1500 g/mol. The SMILES string of the molecule is Cc1c(O)cc(Cl)c(Nc2ccccc2CC(=O)O)c1Cl.Cc1ccc(Cl)c(Nc2ccccc2CC(=O)O)c1Cl.O=C(O)Cc1ccccc1NC1=C(Cl)C=CC2OC12Cl.O=C(O)Cc1ccccc1Nc1c(Cl)cccc1Cl.O=C1C=C(Cl)C(=Nc2ccccc2CC(=O)O)C(Cl)=C1. The first-order valence-corrected chi connectivity index (χ1v) is 33.2. The lowest BCUT2D eigenvalue weighted by molar-refractivity contribution is -0.137. The van der Waals surface area contributed by atoms with Gasteiger partial charge in [-0.1, -0.05) is 219 Å². The van der Waals surface area contributed by atoms with Gasteiger partial charge in [0, 0.05) is 46.5 Å². The molecule has 2 aliphatic carbocycles. The van der Waals surface area contributed by atoms with Crippen LogP contribution in [0.15, 0.2) is 208 Å². The maximum Gasteiger partial charge on any atom is 0.307 e. The molecule has 0 bridgehead atoms. The van der Waals surface area contributed by atoms with Gasteiger partial charge >= 0.3 is 29.8 Å². The van der Waals surface area contributed by atoms with E-state index in [1.807, 2.05) is 31.2 Å². The van der Waals surface area contributed by atoms with Crippen molar-refractivity contribution in [2.24, 2.45) is 4.99 Å². The molecule has 28 heteroatoms. The summed E-state index contributed by atoms with van der Waals surface area (Å²) in [5, 5.41) is 68.9. The number of para-hydroxylation sites is 6. The first-order valence-electron chi connectivity index (χ1n) is 29.4. The topological polar surface area (TPSA) is 297 Å². The summed E-state index contributed by atoms with van der Waals surface area (Å²) in [7, 11) is 0. The Balaban J connectivity index is 0.000000176. The van der Waals surface area contributed by atoms with Crippen LogP contribution in [-0.4, -0.2) is 83.1 Å². The predicted octanol–water partition coefficient (Wildman–Crippen LogP) is 19.7. The van der Waals surface area contributed by atoms with Crippen LogP contribution in [0.3, 0.4) is 0 Å². The summed E-state index contributed by atoms with van der Waals surface area (Å²) in [6, 6.07) is 45.4. The minimum atomic E-state index is -0.959. The minimum absolute atomic E-state index is 0.00868. The fourth-order valence-corrected chi connectivity index (χ4v) is 12.0. The smallest absolute Gasteiger partial charge is 0.307 e. The van der Waals surface area contributed by atoms with Gasteiger partial charge in [0.1, 0.15) is 17.6 Å². The van der Waals surface area contributed by atoms with Crippen molar-refractivity contribution in [3.05, 3.63) is 272 Å². The molecule has 1 aliphatic heterocycles. The number of rotatable bonds is 19. The van der Waals surface area contributed by atoms with Crippen LogP contribution in [0.4, 0.5) is 45.5 Å². The Morgan fingerprint density at radius 1 is 0.470 bits per heavy atom. The normalized spacial score (nSPS) is 14.6. The summed E-state index contributed by atoms with van der Waals surface area (Å²) in [5.74, 6) is -4.86. The molecule has 11 rings (SSSR count). The van der Waals surface area contributed by atoms with Gasteiger partial charge in [0.25, 0.3) is 0 Å². The summed E-state index contributed by atoms with van der Waals surface area (Å²) in [6.45, 7) is 3.55. The number of aliphatic imine (C=N–C) groups is 1. The number of aromatic hydroxyl groups is 1. The van der Waals surface area contributed by atoms with Gasteiger partial charge in [-0.25, -0.2) is 4.99 Å². The number of ether oxygens (including phenoxy) is 1. The first kappa shape index (κ1) is 78.6. The number of halogens is 10. The summed E-state index contributed by atoms with van der Waals surface area (Å²) >= 11 is 61.2. The highest BCUT2D eigenvalue weighted by Crippen LogP contribution is 2.52. The third kappa shape index (κ3) is 22.1. The second-order valence-corrected chi connectivity index (χ2v) is 25.7. The van der Waals surface area contributed by atoms with Gasteiger partial charge in [0.2, 0.25) is 5.06 Å². The van der Waals surface area contributed by atoms with E-state index in [9.17, 15) is 33.9 Å². The lowest BCUT2D eigenvalue weighted by Crippen LogP contribution is -2.21. The second kappa shape index (κ2) is 36.6. The van der Waals surface area contributed by atoms with Crippen LogP contribution >= 0.6 is 116 Å². The van der Waals surface area contributed by atoms with Crippen molar-refractivity contribution in [3.8, 4) is 5.75 Å². The van der Waals surface area contributed by atoms with Crippen molar-refractivity contribution in [3.63, 3.8) is 0 Å². The molecule has 2 unspecified atom stereocenters. The number of aryl methyl sites for hydroxylation is 1. The van der Waals surface area contributed by atoms with Crippen LogP contribution < -0.4 is 21.3 Å². The van der Waals surface area contributed by atoms with Crippen molar-refractivity contribution in [2.75, 3.05) is 21.3 Å². The average Bonchev–Trinajstić information content (AvgIpc) is 1.57. The van der Waals surface area contributed by atoms with Crippen molar-refractivity contribution in [1.82, 2.24) is 0 Å². The molecule has 1 fully saturated rings. The quantitative estimate of drug-likeness (QED) is 0.0156. The zero-order chi connectivity index (χ0) is 73.1. The summed E-state index contributed by atoms with van der Waals surface area (Å²) in [6.07, 6.45) is 5.27. The Morgan fingerprint density at radius 2 is 0.850 bits per heavy atom. The number of phenols is 1. The molecule has 518 valence electrons. The largest absolute Gasteiger partial charge is 0.508 e. The monoisotopic (exact) mass is 1550 g/mol. The third-order valence-corrected chi connectivity index (χ3v) is 17.9. The molecule has 0 aromatic heterocycles. The molecule has 8 aromatic carbocycles. The van der Waals surface area contributed by atoms with Gasteiger partial charge in [-0.05, 0) is 108 Å². The molecule has 2 atom stereocenters. The summed E-state index contributed by atoms with van der Waals surface area (Å²) in [5.41, 5.74) is 10.0. The number of aliphatic carboxylic acids is 5. The standard InChI is InChI=1S/C15H13Cl2NO3.C15H13Cl2NO2.C14H11Cl2NO3.C14H9Cl2NO3.C14H11Cl2NO2/c1-8-12(19)7-10(16)15(14(8)17)18-11-5-3-2-4-9(11)6-13(20)21;1-9-6-7-11(16)15(14(9)17)18-12-5-3-2-4-10(12)8-13(19)20;15-9-5-6-11-14(16,20-11)13(9)17-10-4-2-1-3-8(10)7-12(18)19;15-10-6-9(18)7-11(16)14(10)17-12-4-2-1-3-8(12)5-13(19)20;15-10-5-3-6-11(16)14(10)17-12-7-2-1-4-9(12)8-13(18)19/h2-5,7,18-19H,6H2,1H3,(H,20,21);2-7,18H,8H2,1H3,(H,19,20);1-6,11,17H,7H2,(H,18,19);1-4,6-7H,5H2,(H,19,20);1-7,17H,8H2,(H,18,19). The average molecular weight is 1550 g/mol. The molecule has 0 amide bonds. The van der Waals surface area contributed by atoms with Crippen molar-refractivity contribution in [2.45, 2.75) is 57.1 Å². The first-order chi connectivity index (χ1) is 47.4. The summed E-state index contributed by atoms with van der Waals surface area (Å²) < 4.78 is 5.40. The summed E-state index contributed by atoms with van der Waals surface area (Å²) in [4.78, 5) is 69.8. The van der Waals surface area contributed by atoms with Gasteiger partial charge in [0.05, 0.1) is 106 Å². The lowest BCUT2D eigenvalue weighted by Gasteiger charge is -2.18. The molecular formula is C72H57Cl10N5O13. The number of phenolic OH excluding ortho intramolecular Hbond substituents is 1. The number of benzene rings is 8. The number of hydrogen-bond donors (Lipinski definition) is 10. The van der Waals surface area contributed by atoms with Crippen LogP contribution in [0.2, 0.25) is 30.1 Å². The molecule has 0 spiro atoms. The highest BCUT2D eigenvalue weighted by molar-refractivity contribution is 6.58.